The van der Waals surface area contributed by atoms with Gasteiger partial charge in [0.25, 0.3) is 0 Å². The molecule has 3 nitrogen and oxygen atoms in total. The first-order valence-electron chi connectivity index (χ1n) is 4.39. The van der Waals surface area contributed by atoms with E-state index >= 15 is 0 Å². The maximum Gasteiger partial charge on any atom is 0.155 e. The monoisotopic (exact) mass is 242 g/mol. The second kappa shape index (κ2) is 3.83. The summed E-state index contributed by atoms with van der Waals surface area (Å²) < 4.78 is 1.77. The molecular formula is C10H8Cl2N2O. The minimum Gasteiger partial charge on any atom is -0.302 e. The van der Waals surface area contributed by atoms with Gasteiger partial charge in [0.2, 0.25) is 0 Å². The molecule has 0 aliphatic heterocycles. The Bertz CT molecular complexity index is 533. The molecule has 0 aliphatic carbocycles. The highest BCUT2D eigenvalue weighted by atomic mass is 35.5. The second-order valence-electron chi connectivity index (χ2n) is 3.30. The summed E-state index contributed by atoms with van der Waals surface area (Å²) in [6, 6.07) is 3.46. The number of carbonyl (C=O) groups is 1. The van der Waals surface area contributed by atoms with Gasteiger partial charge >= 0.3 is 0 Å². The van der Waals surface area contributed by atoms with Crippen molar-refractivity contribution in [2.75, 3.05) is 0 Å². The normalized spacial score (nSPS) is 10.9. The lowest BCUT2D eigenvalue weighted by atomic mass is 10.3. The van der Waals surface area contributed by atoms with E-state index in [1.807, 2.05) is 0 Å². The van der Waals surface area contributed by atoms with E-state index in [4.69, 9.17) is 23.2 Å². The average Bonchev–Trinajstić information content (AvgIpc) is 2.42. The maximum absolute atomic E-state index is 11.0. The van der Waals surface area contributed by atoms with Gasteiger partial charge in [0.05, 0.1) is 11.9 Å². The van der Waals surface area contributed by atoms with Crippen molar-refractivity contribution < 1.29 is 4.79 Å². The van der Waals surface area contributed by atoms with Gasteiger partial charge in [-0.3, -0.25) is 4.79 Å². The lowest BCUT2D eigenvalue weighted by Gasteiger charge is -1.98. The van der Waals surface area contributed by atoms with Crippen LogP contribution in [0, 0.1) is 0 Å². The van der Waals surface area contributed by atoms with E-state index in [9.17, 15) is 4.79 Å². The van der Waals surface area contributed by atoms with E-state index in [1.165, 1.54) is 6.92 Å². The highest BCUT2D eigenvalue weighted by Crippen LogP contribution is 2.21. The number of imidazole rings is 1. The summed E-state index contributed by atoms with van der Waals surface area (Å²) in [5.74, 6) is 0.688. The van der Waals surface area contributed by atoms with Gasteiger partial charge in [-0.15, -0.1) is 0 Å². The van der Waals surface area contributed by atoms with E-state index in [1.54, 1.807) is 22.7 Å². The molecule has 0 saturated heterocycles. The fourth-order valence-electron chi connectivity index (χ4n) is 1.43. The van der Waals surface area contributed by atoms with Crippen LogP contribution in [0.2, 0.25) is 10.2 Å². The lowest BCUT2D eigenvalue weighted by molar-refractivity contribution is -0.116. The van der Waals surface area contributed by atoms with Crippen molar-refractivity contribution >= 4 is 34.5 Å². The van der Waals surface area contributed by atoms with Crippen LogP contribution in [-0.4, -0.2) is 15.2 Å². The Kier molecular flexibility index (Phi) is 2.67. The highest BCUT2D eigenvalue weighted by Gasteiger charge is 2.10. The second-order valence-corrected chi connectivity index (χ2v) is 4.09. The highest BCUT2D eigenvalue weighted by molar-refractivity contribution is 6.34. The molecule has 0 fully saturated rings. The predicted molar refractivity (Wildman–Crippen MR) is 59.6 cm³/mol. The number of hydrogen-bond donors (Lipinski definition) is 0. The van der Waals surface area contributed by atoms with Gasteiger partial charge in [-0.2, -0.15) is 0 Å². The molecule has 0 bridgehead atoms. The van der Waals surface area contributed by atoms with Crippen molar-refractivity contribution in [2.45, 2.75) is 13.3 Å². The molecule has 0 radical (unpaired) electrons. The Balaban J connectivity index is 2.62. The number of halogens is 2. The van der Waals surface area contributed by atoms with Gasteiger partial charge < -0.3 is 4.40 Å². The van der Waals surface area contributed by atoms with Gasteiger partial charge in [0.1, 0.15) is 11.6 Å². The number of rotatable bonds is 2. The van der Waals surface area contributed by atoms with E-state index in [-0.39, 0.29) is 12.2 Å². The molecule has 0 aliphatic rings. The molecule has 5 heteroatoms. The van der Waals surface area contributed by atoms with Crippen LogP contribution in [0.1, 0.15) is 12.7 Å². The molecule has 2 aromatic rings. The van der Waals surface area contributed by atoms with E-state index in [2.05, 4.69) is 4.98 Å². The quantitative estimate of drug-likeness (QED) is 0.812. The molecule has 0 spiro atoms. The molecule has 0 aromatic carbocycles. The number of fused-ring (bicyclic) bond motifs is 1. The van der Waals surface area contributed by atoms with Crippen LogP contribution in [0.15, 0.2) is 18.3 Å². The molecule has 2 aromatic heterocycles. The zero-order chi connectivity index (χ0) is 11.0. The zero-order valence-corrected chi connectivity index (χ0v) is 9.51. The molecule has 0 amide bonds. The van der Waals surface area contributed by atoms with Gasteiger partial charge in [-0.25, -0.2) is 4.98 Å². The third-order valence-corrected chi connectivity index (χ3v) is 2.55. The molecule has 15 heavy (non-hydrogen) atoms. The van der Waals surface area contributed by atoms with Crippen LogP contribution in [-0.2, 0) is 11.2 Å². The Morgan fingerprint density at radius 3 is 2.93 bits per heavy atom. The molecule has 0 atom stereocenters. The number of carbonyl (C=O) groups excluding carboxylic acids is 1. The number of nitrogens with zero attached hydrogens (tertiary/aromatic N) is 2. The van der Waals surface area contributed by atoms with Crippen molar-refractivity contribution in [1.82, 2.24) is 9.38 Å². The van der Waals surface area contributed by atoms with E-state index in [0.717, 1.165) is 5.52 Å². The van der Waals surface area contributed by atoms with Crippen molar-refractivity contribution in [3.05, 3.63) is 34.3 Å². The molecule has 0 N–H and O–H groups in total. The van der Waals surface area contributed by atoms with Crippen LogP contribution < -0.4 is 0 Å². The maximum atomic E-state index is 11.0. The van der Waals surface area contributed by atoms with Crippen LogP contribution in [0.4, 0.5) is 0 Å². The first-order chi connectivity index (χ1) is 7.08. The minimum absolute atomic E-state index is 0.0496. The van der Waals surface area contributed by atoms with Gasteiger partial charge in [0.15, 0.2) is 5.15 Å². The molecule has 2 heterocycles. The zero-order valence-electron chi connectivity index (χ0n) is 8.00. The Hall–Kier alpha value is -1.06. The van der Waals surface area contributed by atoms with Crippen molar-refractivity contribution in [3.63, 3.8) is 0 Å². The van der Waals surface area contributed by atoms with E-state index in [0.29, 0.717) is 16.0 Å². The Morgan fingerprint density at radius 1 is 1.53 bits per heavy atom. The standard InChI is InChI=1S/C10H8Cl2N2O/c1-6(15)4-9-13-10(12)8-5-7(11)2-3-14(8)9/h2-3,5H,4H2,1H3. The topological polar surface area (TPSA) is 34.4 Å². The van der Waals surface area contributed by atoms with Crippen LogP contribution in [0.25, 0.3) is 5.52 Å². The van der Waals surface area contributed by atoms with E-state index < -0.39 is 0 Å². The van der Waals surface area contributed by atoms with Gasteiger partial charge in [0, 0.05) is 11.2 Å². The Morgan fingerprint density at radius 2 is 2.27 bits per heavy atom. The smallest absolute Gasteiger partial charge is 0.155 e. The summed E-state index contributed by atoms with van der Waals surface area (Å²) >= 11 is 11.8. The summed E-state index contributed by atoms with van der Waals surface area (Å²) in [5.41, 5.74) is 0.723. The SMILES string of the molecule is CC(=O)Cc1nc(Cl)c2cc(Cl)ccn12. The fraction of sp³-hybridized carbons (Fsp3) is 0.200. The lowest BCUT2D eigenvalue weighted by Crippen LogP contribution is -2.01. The molecule has 2 rings (SSSR count). The summed E-state index contributed by atoms with van der Waals surface area (Å²) in [4.78, 5) is 15.1. The number of pyridine rings is 1. The first-order valence-corrected chi connectivity index (χ1v) is 5.15. The Labute approximate surface area is 96.6 Å². The fourth-order valence-corrected chi connectivity index (χ4v) is 1.83. The van der Waals surface area contributed by atoms with Gasteiger partial charge in [-0.05, 0) is 19.1 Å². The summed E-state index contributed by atoms with van der Waals surface area (Å²) in [6.45, 7) is 1.52. The summed E-state index contributed by atoms with van der Waals surface area (Å²) in [7, 11) is 0. The average molecular weight is 243 g/mol. The molecular weight excluding hydrogens is 235 g/mol. The number of ketones is 1. The van der Waals surface area contributed by atoms with Gasteiger partial charge in [-0.1, -0.05) is 23.2 Å². The number of aromatic nitrogens is 2. The van der Waals surface area contributed by atoms with Crippen LogP contribution >= 0.6 is 23.2 Å². The van der Waals surface area contributed by atoms with Crippen molar-refractivity contribution in [3.8, 4) is 0 Å². The minimum atomic E-state index is 0.0496. The van der Waals surface area contributed by atoms with Crippen molar-refractivity contribution in [1.29, 1.82) is 0 Å². The third-order valence-electron chi connectivity index (χ3n) is 2.04. The van der Waals surface area contributed by atoms with Crippen molar-refractivity contribution in [2.24, 2.45) is 0 Å². The number of Topliss-reactive ketones (excluding diaryl/α,β-unsaturated/α-hetero) is 1. The summed E-state index contributed by atoms with van der Waals surface area (Å²) in [6.07, 6.45) is 2.03. The van der Waals surface area contributed by atoms with Crippen LogP contribution in [0.5, 0.6) is 0 Å². The molecule has 0 saturated carbocycles. The summed E-state index contributed by atoms with van der Waals surface area (Å²) in [5, 5.41) is 0.965. The first kappa shape index (κ1) is 10.5. The predicted octanol–water partition coefficient (Wildman–Crippen LogP) is 2.77. The molecule has 78 valence electrons. The molecule has 0 unspecified atom stereocenters. The third kappa shape index (κ3) is 1.98. The van der Waals surface area contributed by atoms with Crippen LogP contribution in [0.3, 0.4) is 0 Å². The number of hydrogen-bond acceptors (Lipinski definition) is 2. The largest absolute Gasteiger partial charge is 0.302 e.